The summed E-state index contributed by atoms with van der Waals surface area (Å²) in [5.74, 6) is 0. The van der Waals surface area contributed by atoms with Gasteiger partial charge < -0.3 is 10.6 Å². The van der Waals surface area contributed by atoms with Gasteiger partial charge in [-0.3, -0.25) is 9.59 Å². The molecule has 0 unspecified atom stereocenters. The molecule has 0 atom stereocenters. The van der Waals surface area contributed by atoms with Gasteiger partial charge in [0, 0.05) is 12.7 Å². The Labute approximate surface area is 86.3 Å². The van der Waals surface area contributed by atoms with Crippen LogP contribution in [0.3, 0.4) is 0 Å². The number of nitrogens with one attached hydrogen (secondary N) is 2. The molecule has 0 saturated carbocycles. The van der Waals surface area contributed by atoms with Crippen molar-refractivity contribution in [1.29, 1.82) is 0 Å². The van der Waals surface area contributed by atoms with Crippen LogP contribution in [0.4, 0.5) is 17.1 Å². The molecule has 76 valence electrons. The van der Waals surface area contributed by atoms with Crippen LogP contribution in [0.25, 0.3) is 0 Å². The lowest BCUT2D eigenvalue weighted by Gasteiger charge is -2.12. The van der Waals surface area contributed by atoms with Gasteiger partial charge in [-0.05, 0) is 12.1 Å². The lowest BCUT2D eigenvalue weighted by atomic mass is 10.2. The van der Waals surface area contributed by atoms with E-state index in [1.54, 1.807) is 7.05 Å². The molecule has 15 heavy (non-hydrogen) atoms. The molecule has 4 nitrogen and oxygen atoms in total. The predicted octanol–water partition coefficient (Wildman–Crippen LogP) is 1.07. The third kappa shape index (κ3) is 1.50. The molecule has 0 aliphatic heterocycles. The molecule has 0 amide bonds. The lowest BCUT2D eigenvalue weighted by molar-refractivity contribution is 1.34. The smallest absolute Gasteiger partial charge is 0.253 e. The van der Waals surface area contributed by atoms with Gasteiger partial charge in [0.15, 0.2) is 0 Å². The summed E-state index contributed by atoms with van der Waals surface area (Å²) in [5.41, 5.74) is 0.554. The number of benzene rings is 1. The third-order valence-electron chi connectivity index (χ3n) is 2.20. The van der Waals surface area contributed by atoms with Crippen LogP contribution in [-0.2, 0) is 0 Å². The van der Waals surface area contributed by atoms with Crippen molar-refractivity contribution < 1.29 is 0 Å². The summed E-state index contributed by atoms with van der Waals surface area (Å²) in [6, 6.07) is 9.25. The molecule has 4 heteroatoms. The maximum absolute atomic E-state index is 11.2. The largest absolute Gasteiger partial charge is 0.383 e. The lowest BCUT2D eigenvalue weighted by Crippen LogP contribution is -2.35. The zero-order chi connectivity index (χ0) is 10.8. The van der Waals surface area contributed by atoms with Gasteiger partial charge in [-0.15, -0.1) is 0 Å². The minimum atomic E-state index is -0.469. The predicted molar refractivity (Wildman–Crippen MR) is 60.6 cm³/mol. The van der Waals surface area contributed by atoms with Crippen LogP contribution in [0.5, 0.6) is 0 Å². The fourth-order valence-corrected chi connectivity index (χ4v) is 1.42. The van der Waals surface area contributed by atoms with Gasteiger partial charge in [0.05, 0.1) is 0 Å². The molecular weight excluding hydrogens is 192 g/mol. The van der Waals surface area contributed by atoms with Gasteiger partial charge in [-0.1, -0.05) is 18.2 Å². The minimum absolute atomic E-state index is 0.341. The van der Waals surface area contributed by atoms with E-state index in [1.165, 1.54) is 0 Å². The normalized spacial score (nSPS) is 10.2. The first kappa shape index (κ1) is 9.45. The molecule has 0 fully saturated rings. The monoisotopic (exact) mass is 202 g/mol. The van der Waals surface area contributed by atoms with Crippen molar-refractivity contribution in [3.8, 4) is 0 Å². The van der Waals surface area contributed by atoms with Crippen molar-refractivity contribution in [2.45, 2.75) is 0 Å². The van der Waals surface area contributed by atoms with E-state index >= 15 is 0 Å². The number of anilines is 3. The van der Waals surface area contributed by atoms with E-state index in [0.717, 1.165) is 5.69 Å². The second kappa shape index (κ2) is 3.57. The first-order chi connectivity index (χ1) is 7.24. The highest BCUT2D eigenvalue weighted by molar-refractivity contribution is 5.78. The van der Waals surface area contributed by atoms with Gasteiger partial charge in [0.2, 0.25) is 0 Å². The van der Waals surface area contributed by atoms with Crippen LogP contribution in [-0.4, -0.2) is 7.05 Å². The summed E-state index contributed by atoms with van der Waals surface area (Å²) in [4.78, 5) is 22.3. The standard InChI is InChI=1S/C11H10N2O2/c1-12-8-9(11(15)10(8)14)13-7-5-3-2-4-6-7/h2-6,12-13H,1H3. The molecule has 0 radical (unpaired) electrons. The summed E-state index contributed by atoms with van der Waals surface area (Å²) in [5, 5.41) is 5.60. The summed E-state index contributed by atoms with van der Waals surface area (Å²) in [6.45, 7) is 0. The Kier molecular flexibility index (Phi) is 2.25. The third-order valence-corrected chi connectivity index (χ3v) is 2.20. The van der Waals surface area contributed by atoms with Crippen LogP contribution >= 0.6 is 0 Å². The molecule has 0 heterocycles. The average Bonchev–Trinajstić information content (AvgIpc) is 2.29. The molecule has 2 rings (SSSR count). The van der Waals surface area contributed by atoms with Crippen LogP contribution in [0, 0.1) is 0 Å². The summed E-state index contributed by atoms with van der Waals surface area (Å²) in [6.07, 6.45) is 0. The number of rotatable bonds is 3. The van der Waals surface area contributed by atoms with Gasteiger partial charge in [0.25, 0.3) is 10.9 Å². The zero-order valence-corrected chi connectivity index (χ0v) is 8.20. The fourth-order valence-electron chi connectivity index (χ4n) is 1.42. The van der Waals surface area contributed by atoms with Crippen LogP contribution < -0.4 is 21.5 Å². The summed E-state index contributed by atoms with van der Waals surface area (Å²) < 4.78 is 0. The van der Waals surface area contributed by atoms with Crippen molar-refractivity contribution in [2.75, 3.05) is 17.7 Å². The van der Waals surface area contributed by atoms with Gasteiger partial charge in [0.1, 0.15) is 11.4 Å². The Bertz CT molecular complexity index is 539. The molecule has 0 aromatic heterocycles. The highest BCUT2D eigenvalue weighted by atomic mass is 16.2. The fraction of sp³-hybridized carbons (Fsp3) is 0.0909. The average molecular weight is 202 g/mol. The van der Waals surface area contributed by atoms with Crippen molar-refractivity contribution >= 4 is 17.1 Å². The second-order valence-electron chi connectivity index (χ2n) is 3.15. The molecule has 2 aromatic rings. The number of para-hydroxylation sites is 1. The van der Waals surface area contributed by atoms with E-state index in [4.69, 9.17) is 0 Å². The maximum Gasteiger partial charge on any atom is 0.253 e. The van der Waals surface area contributed by atoms with Crippen LogP contribution in [0.2, 0.25) is 0 Å². The topological polar surface area (TPSA) is 58.2 Å². The van der Waals surface area contributed by atoms with E-state index in [2.05, 4.69) is 10.6 Å². The van der Waals surface area contributed by atoms with Crippen LogP contribution in [0.15, 0.2) is 39.9 Å². The first-order valence-electron chi connectivity index (χ1n) is 4.57. The minimum Gasteiger partial charge on any atom is -0.383 e. The highest BCUT2D eigenvalue weighted by Crippen LogP contribution is 2.19. The van der Waals surface area contributed by atoms with Gasteiger partial charge in [-0.2, -0.15) is 0 Å². The van der Waals surface area contributed by atoms with Gasteiger partial charge in [-0.25, -0.2) is 0 Å². The van der Waals surface area contributed by atoms with Crippen molar-refractivity contribution in [3.05, 3.63) is 50.8 Å². The Morgan fingerprint density at radius 3 is 2.13 bits per heavy atom. The SMILES string of the molecule is CNc1c(Nc2ccccc2)c(=O)c1=O. The molecule has 0 aliphatic rings. The molecule has 0 spiro atoms. The summed E-state index contributed by atoms with van der Waals surface area (Å²) in [7, 11) is 1.62. The van der Waals surface area contributed by atoms with E-state index < -0.39 is 10.9 Å². The van der Waals surface area contributed by atoms with Crippen molar-refractivity contribution in [3.63, 3.8) is 0 Å². The molecule has 0 bridgehead atoms. The molecule has 0 aliphatic carbocycles. The van der Waals surface area contributed by atoms with E-state index in [9.17, 15) is 9.59 Å². The van der Waals surface area contributed by atoms with Crippen LogP contribution in [0.1, 0.15) is 0 Å². The Hall–Kier alpha value is -2.10. The second-order valence-corrected chi connectivity index (χ2v) is 3.15. The summed E-state index contributed by atoms with van der Waals surface area (Å²) >= 11 is 0. The highest BCUT2D eigenvalue weighted by Gasteiger charge is 2.19. The maximum atomic E-state index is 11.2. The van der Waals surface area contributed by atoms with Crippen molar-refractivity contribution in [1.82, 2.24) is 0 Å². The zero-order valence-electron chi connectivity index (χ0n) is 8.20. The van der Waals surface area contributed by atoms with E-state index in [1.807, 2.05) is 30.3 Å². The van der Waals surface area contributed by atoms with E-state index in [-0.39, 0.29) is 0 Å². The first-order valence-corrected chi connectivity index (χ1v) is 4.57. The number of hydrogen-bond acceptors (Lipinski definition) is 4. The van der Waals surface area contributed by atoms with E-state index in [0.29, 0.717) is 11.4 Å². The molecule has 2 N–H and O–H groups in total. The van der Waals surface area contributed by atoms with Gasteiger partial charge >= 0.3 is 0 Å². The molecule has 2 aromatic carbocycles. The Morgan fingerprint density at radius 1 is 0.933 bits per heavy atom. The molecule has 0 saturated heterocycles. The molecular formula is C11H10N2O2. The Balaban J connectivity index is 2.30. The van der Waals surface area contributed by atoms with Crippen molar-refractivity contribution in [2.24, 2.45) is 0 Å². The Morgan fingerprint density at radius 2 is 1.53 bits per heavy atom. The number of hydrogen-bond donors (Lipinski definition) is 2. The quantitative estimate of drug-likeness (QED) is 0.731.